The Balaban J connectivity index is 2.32. The molecule has 0 spiro atoms. The highest BCUT2D eigenvalue weighted by molar-refractivity contribution is 6.17. The fraction of sp³-hybridized carbons (Fsp3) is 0. The van der Waals surface area contributed by atoms with E-state index in [1.807, 2.05) is 36.5 Å². The second kappa shape index (κ2) is 3.69. The zero-order chi connectivity index (χ0) is 12.8. The Morgan fingerprint density at radius 2 is 1.47 bits per heavy atom. The minimum Gasteiger partial charge on any atom is -0.398 e. The largest absolute Gasteiger partial charge is 0.398 e. The molecule has 0 saturated heterocycles. The number of rotatable bonds is 0. The highest BCUT2D eigenvalue weighted by Crippen LogP contribution is 2.33. The normalized spacial score (nSPS) is 11.4. The van der Waals surface area contributed by atoms with Crippen LogP contribution in [0.3, 0.4) is 0 Å². The quantitative estimate of drug-likeness (QED) is 0.287. The van der Waals surface area contributed by atoms with E-state index in [1.165, 1.54) is 10.8 Å². The number of fused-ring (bicyclic) bond motifs is 4. The lowest BCUT2D eigenvalue weighted by atomic mass is 10.00. The molecule has 2 nitrogen and oxygen atoms in total. The monoisotopic (exact) mass is 244 g/mol. The predicted molar refractivity (Wildman–Crippen MR) is 81.2 cm³/mol. The number of anilines is 1. The standard InChI is InChI=1S/C17H12N2/c18-17-12-6-2-1-5-11(12)9-14-13-7-3-4-8-16(13)19-10-15(14)17/h1-10H,18H2. The van der Waals surface area contributed by atoms with E-state index >= 15 is 0 Å². The molecule has 3 aromatic carbocycles. The average molecular weight is 244 g/mol. The molecule has 0 bridgehead atoms. The molecule has 4 rings (SSSR count). The van der Waals surface area contributed by atoms with Gasteiger partial charge in [0, 0.05) is 28.0 Å². The van der Waals surface area contributed by atoms with Crippen molar-refractivity contribution in [1.82, 2.24) is 4.98 Å². The number of hydrogen-bond acceptors (Lipinski definition) is 2. The fourth-order valence-corrected chi connectivity index (χ4v) is 2.70. The van der Waals surface area contributed by atoms with Crippen LogP contribution in [0.5, 0.6) is 0 Å². The van der Waals surface area contributed by atoms with E-state index in [2.05, 4.69) is 29.2 Å². The van der Waals surface area contributed by atoms with Gasteiger partial charge in [0.1, 0.15) is 0 Å². The molecular weight excluding hydrogens is 232 g/mol. The molecule has 0 atom stereocenters. The zero-order valence-electron chi connectivity index (χ0n) is 10.3. The molecule has 4 aromatic rings. The highest BCUT2D eigenvalue weighted by Gasteiger charge is 2.07. The molecule has 0 aliphatic heterocycles. The van der Waals surface area contributed by atoms with Crippen LogP contribution in [0.15, 0.2) is 60.8 Å². The summed E-state index contributed by atoms with van der Waals surface area (Å²) in [5.74, 6) is 0. The first kappa shape index (κ1) is 10.3. The van der Waals surface area contributed by atoms with E-state index in [-0.39, 0.29) is 0 Å². The Bertz CT molecular complexity index is 926. The molecule has 90 valence electrons. The summed E-state index contributed by atoms with van der Waals surface area (Å²) in [5.41, 5.74) is 8.12. The predicted octanol–water partition coefficient (Wildman–Crippen LogP) is 4.12. The topological polar surface area (TPSA) is 38.9 Å². The Morgan fingerprint density at radius 1 is 0.737 bits per heavy atom. The van der Waals surface area contributed by atoms with Crippen molar-refractivity contribution in [2.24, 2.45) is 0 Å². The van der Waals surface area contributed by atoms with Crippen molar-refractivity contribution in [3.05, 3.63) is 60.8 Å². The van der Waals surface area contributed by atoms with Gasteiger partial charge in [-0.25, -0.2) is 0 Å². The number of hydrogen-bond donors (Lipinski definition) is 1. The molecule has 19 heavy (non-hydrogen) atoms. The van der Waals surface area contributed by atoms with Gasteiger partial charge in [-0.15, -0.1) is 0 Å². The Kier molecular flexibility index (Phi) is 2.00. The molecule has 0 aliphatic rings. The second-order valence-corrected chi connectivity index (χ2v) is 4.75. The average Bonchev–Trinajstić information content (AvgIpc) is 2.47. The lowest BCUT2D eigenvalue weighted by Crippen LogP contribution is -1.91. The van der Waals surface area contributed by atoms with Crippen molar-refractivity contribution in [3.63, 3.8) is 0 Å². The molecule has 1 heterocycles. The fourth-order valence-electron chi connectivity index (χ4n) is 2.70. The summed E-state index contributed by atoms with van der Waals surface area (Å²) in [4.78, 5) is 4.50. The summed E-state index contributed by atoms with van der Waals surface area (Å²) in [6.45, 7) is 0. The van der Waals surface area contributed by atoms with E-state index in [9.17, 15) is 0 Å². The van der Waals surface area contributed by atoms with Gasteiger partial charge in [0.05, 0.1) is 5.52 Å². The van der Waals surface area contributed by atoms with Crippen molar-refractivity contribution in [1.29, 1.82) is 0 Å². The molecule has 1 aromatic heterocycles. The maximum absolute atomic E-state index is 6.31. The van der Waals surface area contributed by atoms with Crippen LogP contribution in [0, 0.1) is 0 Å². The number of nitrogens with zero attached hydrogens (tertiary/aromatic N) is 1. The van der Waals surface area contributed by atoms with Crippen LogP contribution in [0.25, 0.3) is 32.4 Å². The molecule has 0 saturated carbocycles. The summed E-state index contributed by atoms with van der Waals surface area (Å²) in [5, 5.41) is 5.60. The molecule has 0 amide bonds. The van der Waals surface area contributed by atoms with Gasteiger partial charge in [-0.2, -0.15) is 0 Å². The van der Waals surface area contributed by atoms with Gasteiger partial charge in [-0.3, -0.25) is 4.98 Å². The van der Waals surface area contributed by atoms with Gasteiger partial charge < -0.3 is 5.73 Å². The molecule has 0 radical (unpaired) electrons. The van der Waals surface area contributed by atoms with Crippen LogP contribution in [0.1, 0.15) is 0 Å². The SMILES string of the molecule is Nc1c2ccccc2cc2c1cnc1ccccc12. The molecular formula is C17H12N2. The summed E-state index contributed by atoms with van der Waals surface area (Å²) in [7, 11) is 0. The first-order valence-corrected chi connectivity index (χ1v) is 6.29. The number of pyridine rings is 1. The van der Waals surface area contributed by atoms with Crippen LogP contribution >= 0.6 is 0 Å². The van der Waals surface area contributed by atoms with Crippen LogP contribution in [0.4, 0.5) is 5.69 Å². The smallest absolute Gasteiger partial charge is 0.0708 e. The molecule has 0 fully saturated rings. The zero-order valence-corrected chi connectivity index (χ0v) is 10.3. The summed E-state index contributed by atoms with van der Waals surface area (Å²) >= 11 is 0. The Hall–Kier alpha value is -2.61. The lowest BCUT2D eigenvalue weighted by molar-refractivity contribution is 1.45. The van der Waals surface area contributed by atoms with Crippen molar-refractivity contribution in [3.8, 4) is 0 Å². The van der Waals surface area contributed by atoms with Crippen LogP contribution in [-0.2, 0) is 0 Å². The molecule has 2 N–H and O–H groups in total. The Morgan fingerprint density at radius 3 is 2.37 bits per heavy atom. The summed E-state index contributed by atoms with van der Waals surface area (Å²) in [6.07, 6.45) is 1.87. The van der Waals surface area contributed by atoms with Crippen molar-refractivity contribution < 1.29 is 0 Å². The van der Waals surface area contributed by atoms with Gasteiger partial charge in [-0.1, -0.05) is 42.5 Å². The molecule has 0 unspecified atom stereocenters. The number of para-hydroxylation sites is 1. The lowest BCUT2D eigenvalue weighted by Gasteiger charge is -2.09. The summed E-state index contributed by atoms with van der Waals surface area (Å²) in [6, 6.07) is 18.6. The second-order valence-electron chi connectivity index (χ2n) is 4.75. The molecule has 0 aliphatic carbocycles. The van der Waals surface area contributed by atoms with E-state index in [0.717, 1.165) is 27.4 Å². The van der Waals surface area contributed by atoms with E-state index in [4.69, 9.17) is 5.73 Å². The van der Waals surface area contributed by atoms with Crippen LogP contribution in [0.2, 0.25) is 0 Å². The maximum Gasteiger partial charge on any atom is 0.0708 e. The van der Waals surface area contributed by atoms with Crippen molar-refractivity contribution in [2.45, 2.75) is 0 Å². The van der Waals surface area contributed by atoms with Crippen LogP contribution < -0.4 is 5.73 Å². The highest BCUT2D eigenvalue weighted by atomic mass is 14.7. The molecule has 2 heteroatoms. The summed E-state index contributed by atoms with van der Waals surface area (Å²) < 4.78 is 0. The van der Waals surface area contributed by atoms with Gasteiger partial charge in [0.15, 0.2) is 0 Å². The minimum atomic E-state index is 0.811. The van der Waals surface area contributed by atoms with E-state index < -0.39 is 0 Å². The van der Waals surface area contributed by atoms with E-state index in [0.29, 0.717) is 0 Å². The van der Waals surface area contributed by atoms with Gasteiger partial charge in [0.25, 0.3) is 0 Å². The van der Waals surface area contributed by atoms with Crippen molar-refractivity contribution >= 4 is 38.1 Å². The van der Waals surface area contributed by atoms with E-state index in [1.54, 1.807) is 0 Å². The van der Waals surface area contributed by atoms with Gasteiger partial charge in [0.2, 0.25) is 0 Å². The van der Waals surface area contributed by atoms with Crippen molar-refractivity contribution in [2.75, 3.05) is 5.73 Å². The number of nitrogens with two attached hydrogens (primary N) is 1. The third-order valence-corrected chi connectivity index (χ3v) is 3.66. The van der Waals surface area contributed by atoms with Crippen LogP contribution in [-0.4, -0.2) is 4.98 Å². The number of nitrogen functional groups attached to an aromatic ring is 1. The third-order valence-electron chi connectivity index (χ3n) is 3.66. The maximum atomic E-state index is 6.31. The first-order chi connectivity index (χ1) is 9.34. The van der Waals surface area contributed by atoms with Gasteiger partial charge >= 0.3 is 0 Å². The Labute approximate surface area is 110 Å². The third kappa shape index (κ3) is 1.40. The number of aromatic nitrogens is 1. The number of benzene rings is 3. The first-order valence-electron chi connectivity index (χ1n) is 6.29. The minimum absolute atomic E-state index is 0.811. The van der Waals surface area contributed by atoms with Gasteiger partial charge in [-0.05, 0) is 22.9 Å².